The van der Waals surface area contributed by atoms with Crippen molar-refractivity contribution < 1.29 is 0 Å². The molecule has 0 fully saturated rings. The number of rotatable bonds is 3. The molecule has 16 heavy (non-hydrogen) atoms. The minimum atomic E-state index is 0.137. The molecule has 0 aliphatic rings. The Morgan fingerprint density at radius 1 is 1.31 bits per heavy atom. The molecule has 84 valence electrons. The lowest BCUT2D eigenvalue weighted by molar-refractivity contribution is 0.593. The third kappa shape index (κ3) is 2.31. The average molecular weight is 215 g/mol. The molecule has 1 unspecified atom stereocenters. The van der Waals surface area contributed by atoms with Crippen LogP contribution >= 0.6 is 0 Å². The second-order valence-electron chi connectivity index (χ2n) is 4.27. The lowest BCUT2D eigenvalue weighted by Crippen LogP contribution is -2.22. The first kappa shape index (κ1) is 10.9. The number of aryl methyl sites for hydroxylation is 1. The first-order valence-electron chi connectivity index (χ1n) is 5.49. The SMILES string of the molecule is Cc1ccc(-c2cncn2CC(C)N)cc1. The third-order valence-electron chi connectivity index (χ3n) is 2.54. The molecule has 1 aromatic carbocycles. The van der Waals surface area contributed by atoms with Crippen LogP contribution in [0.4, 0.5) is 0 Å². The van der Waals surface area contributed by atoms with Crippen molar-refractivity contribution in [2.75, 3.05) is 0 Å². The van der Waals surface area contributed by atoms with E-state index in [1.165, 1.54) is 11.1 Å². The van der Waals surface area contributed by atoms with Gasteiger partial charge in [-0.2, -0.15) is 0 Å². The first-order valence-corrected chi connectivity index (χ1v) is 5.49. The molecule has 0 saturated carbocycles. The Kier molecular flexibility index (Phi) is 3.06. The molecular formula is C13H17N3. The van der Waals surface area contributed by atoms with Gasteiger partial charge in [-0.3, -0.25) is 0 Å². The number of imidazole rings is 1. The van der Waals surface area contributed by atoms with E-state index in [0.29, 0.717) is 0 Å². The molecule has 3 heteroatoms. The van der Waals surface area contributed by atoms with Crippen LogP contribution in [0.3, 0.4) is 0 Å². The fourth-order valence-corrected chi connectivity index (χ4v) is 1.74. The lowest BCUT2D eigenvalue weighted by atomic mass is 10.1. The van der Waals surface area contributed by atoms with Crippen molar-refractivity contribution in [2.45, 2.75) is 26.4 Å². The normalized spacial score (nSPS) is 12.7. The molecule has 0 amide bonds. The van der Waals surface area contributed by atoms with Gasteiger partial charge in [-0.15, -0.1) is 0 Å². The van der Waals surface area contributed by atoms with Gasteiger partial charge in [0, 0.05) is 12.6 Å². The van der Waals surface area contributed by atoms with Crippen LogP contribution in [0.25, 0.3) is 11.3 Å². The van der Waals surface area contributed by atoms with Crippen molar-refractivity contribution in [1.29, 1.82) is 0 Å². The van der Waals surface area contributed by atoms with Crippen LogP contribution in [-0.2, 0) is 6.54 Å². The zero-order chi connectivity index (χ0) is 11.5. The van der Waals surface area contributed by atoms with Gasteiger partial charge in [0.15, 0.2) is 0 Å². The van der Waals surface area contributed by atoms with Gasteiger partial charge in [0.1, 0.15) is 0 Å². The topological polar surface area (TPSA) is 43.8 Å². The Morgan fingerprint density at radius 3 is 2.62 bits per heavy atom. The van der Waals surface area contributed by atoms with E-state index in [1.807, 2.05) is 19.4 Å². The van der Waals surface area contributed by atoms with Crippen LogP contribution in [-0.4, -0.2) is 15.6 Å². The van der Waals surface area contributed by atoms with E-state index in [9.17, 15) is 0 Å². The first-order chi connectivity index (χ1) is 7.66. The summed E-state index contributed by atoms with van der Waals surface area (Å²) < 4.78 is 2.09. The Balaban J connectivity index is 2.33. The van der Waals surface area contributed by atoms with Crippen LogP contribution in [0.15, 0.2) is 36.8 Å². The van der Waals surface area contributed by atoms with Crippen molar-refractivity contribution in [3.05, 3.63) is 42.4 Å². The summed E-state index contributed by atoms with van der Waals surface area (Å²) in [6.07, 6.45) is 3.71. The molecule has 0 radical (unpaired) electrons. The van der Waals surface area contributed by atoms with Crippen LogP contribution in [0, 0.1) is 6.92 Å². The Labute approximate surface area is 95.9 Å². The fourth-order valence-electron chi connectivity index (χ4n) is 1.74. The zero-order valence-corrected chi connectivity index (χ0v) is 9.72. The van der Waals surface area contributed by atoms with Crippen LogP contribution in [0.5, 0.6) is 0 Å². The predicted molar refractivity (Wildman–Crippen MR) is 66.0 cm³/mol. The van der Waals surface area contributed by atoms with Crippen LogP contribution in [0.2, 0.25) is 0 Å². The highest BCUT2D eigenvalue weighted by molar-refractivity contribution is 5.59. The minimum Gasteiger partial charge on any atom is -0.329 e. The van der Waals surface area contributed by atoms with Crippen molar-refractivity contribution >= 4 is 0 Å². The van der Waals surface area contributed by atoms with E-state index in [4.69, 9.17) is 5.73 Å². The van der Waals surface area contributed by atoms with Crippen molar-refractivity contribution in [3.8, 4) is 11.3 Å². The largest absolute Gasteiger partial charge is 0.329 e. The summed E-state index contributed by atoms with van der Waals surface area (Å²) in [5.41, 5.74) is 9.38. The standard InChI is InChI=1S/C13H17N3/c1-10-3-5-12(6-4-10)13-7-15-9-16(13)8-11(2)14/h3-7,9,11H,8,14H2,1-2H3. The van der Waals surface area contributed by atoms with Crippen molar-refractivity contribution in [1.82, 2.24) is 9.55 Å². The number of hydrogen-bond donors (Lipinski definition) is 1. The van der Waals surface area contributed by atoms with Crippen LogP contribution < -0.4 is 5.73 Å². The van der Waals surface area contributed by atoms with E-state index in [2.05, 4.69) is 40.7 Å². The lowest BCUT2D eigenvalue weighted by Gasteiger charge is -2.10. The maximum Gasteiger partial charge on any atom is 0.0951 e. The molecule has 0 aliphatic heterocycles. The second kappa shape index (κ2) is 4.49. The summed E-state index contributed by atoms with van der Waals surface area (Å²) in [7, 11) is 0. The average Bonchev–Trinajstić information content (AvgIpc) is 2.66. The molecule has 2 aromatic rings. The third-order valence-corrected chi connectivity index (χ3v) is 2.54. The number of aromatic nitrogens is 2. The smallest absolute Gasteiger partial charge is 0.0951 e. The minimum absolute atomic E-state index is 0.137. The highest BCUT2D eigenvalue weighted by atomic mass is 15.1. The Bertz CT molecular complexity index is 454. The second-order valence-corrected chi connectivity index (χ2v) is 4.27. The van der Waals surface area contributed by atoms with Crippen molar-refractivity contribution in [2.24, 2.45) is 5.73 Å². The summed E-state index contributed by atoms with van der Waals surface area (Å²) >= 11 is 0. The number of nitrogens with two attached hydrogens (primary N) is 1. The molecule has 2 rings (SSSR count). The highest BCUT2D eigenvalue weighted by Gasteiger charge is 2.05. The molecule has 0 bridgehead atoms. The van der Waals surface area contributed by atoms with Crippen molar-refractivity contribution in [3.63, 3.8) is 0 Å². The van der Waals surface area contributed by atoms with Gasteiger partial charge in [-0.05, 0) is 19.4 Å². The zero-order valence-electron chi connectivity index (χ0n) is 9.72. The van der Waals surface area contributed by atoms with Gasteiger partial charge in [0.2, 0.25) is 0 Å². The maximum absolute atomic E-state index is 5.81. The van der Waals surface area contributed by atoms with E-state index < -0.39 is 0 Å². The molecule has 1 heterocycles. The predicted octanol–water partition coefficient (Wildman–Crippen LogP) is 2.21. The van der Waals surface area contributed by atoms with E-state index in [1.54, 1.807) is 0 Å². The van der Waals surface area contributed by atoms with Gasteiger partial charge in [-0.1, -0.05) is 29.8 Å². The Morgan fingerprint density at radius 2 is 2.00 bits per heavy atom. The molecule has 3 nitrogen and oxygen atoms in total. The number of benzene rings is 1. The number of nitrogens with zero attached hydrogens (tertiary/aromatic N) is 2. The Hall–Kier alpha value is -1.61. The fraction of sp³-hybridized carbons (Fsp3) is 0.308. The molecule has 0 saturated heterocycles. The summed E-state index contributed by atoms with van der Waals surface area (Å²) in [4.78, 5) is 4.18. The van der Waals surface area contributed by atoms with E-state index in [-0.39, 0.29) is 6.04 Å². The van der Waals surface area contributed by atoms with Gasteiger partial charge in [0.05, 0.1) is 18.2 Å². The summed E-state index contributed by atoms with van der Waals surface area (Å²) in [6.45, 7) is 4.88. The molecule has 1 aromatic heterocycles. The monoisotopic (exact) mass is 215 g/mol. The molecule has 0 spiro atoms. The highest BCUT2D eigenvalue weighted by Crippen LogP contribution is 2.19. The summed E-state index contributed by atoms with van der Waals surface area (Å²) in [5.74, 6) is 0. The van der Waals surface area contributed by atoms with Gasteiger partial charge in [0.25, 0.3) is 0 Å². The van der Waals surface area contributed by atoms with Gasteiger partial charge < -0.3 is 10.3 Å². The molecule has 0 aliphatic carbocycles. The van der Waals surface area contributed by atoms with Crippen LogP contribution in [0.1, 0.15) is 12.5 Å². The number of hydrogen-bond acceptors (Lipinski definition) is 2. The maximum atomic E-state index is 5.81. The molecule has 1 atom stereocenters. The van der Waals surface area contributed by atoms with Gasteiger partial charge >= 0.3 is 0 Å². The van der Waals surface area contributed by atoms with E-state index in [0.717, 1.165) is 12.2 Å². The molecular weight excluding hydrogens is 198 g/mol. The van der Waals surface area contributed by atoms with Gasteiger partial charge in [-0.25, -0.2) is 4.98 Å². The van der Waals surface area contributed by atoms with E-state index >= 15 is 0 Å². The molecule has 2 N–H and O–H groups in total. The summed E-state index contributed by atoms with van der Waals surface area (Å²) in [5, 5.41) is 0. The quantitative estimate of drug-likeness (QED) is 0.853. The summed E-state index contributed by atoms with van der Waals surface area (Å²) in [6, 6.07) is 8.59.